The highest BCUT2D eigenvalue weighted by molar-refractivity contribution is 5.97. The maximum atomic E-state index is 12.0. The van der Waals surface area contributed by atoms with Crippen molar-refractivity contribution < 1.29 is 14.4 Å². The van der Waals surface area contributed by atoms with E-state index in [9.17, 15) is 9.59 Å². The van der Waals surface area contributed by atoms with E-state index in [0.717, 1.165) is 18.4 Å². The maximum absolute atomic E-state index is 12.0. The van der Waals surface area contributed by atoms with Crippen LogP contribution in [0.4, 0.5) is 5.69 Å². The van der Waals surface area contributed by atoms with E-state index >= 15 is 0 Å². The van der Waals surface area contributed by atoms with E-state index in [1.165, 1.54) is 0 Å². The second kappa shape index (κ2) is 8.84. The summed E-state index contributed by atoms with van der Waals surface area (Å²) in [6.07, 6.45) is 2.49. The average molecular weight is 366 g/mol. The number of nitrogens with two attached hydrogens (primary N) is 1. The Morgan fingerprint density at radius 2 is 1.89 bits per heavy atom. The number of hydrogen-bond acceptors (Lipinski definition) is 4. The molecule has 4 N–H and O–H groups in total. The molecule has 0 aliphatic heterocycles. The van der Waals surface area contributed by atoms with Crippen molar-refractivity contribution in [3.8, 4) is 0 Å². The highest BCUT2D eigenvalue weighted by atomic mass is 16.6. The molecule has 7 nitrogen and oxygen atoms in total. The van der Waals surface area contributed by atoms with E-state index in [1.54, 1.807) is 24.3 Å². The SMILES string of the molecule is N/C(Cc1ccccc1)=N\OCC(=O)Nc1cccc(C(=O)NC2CC2)c1. The van der Waals surface area contributed by atoms with Crippen LogP contribution >= 0.6 is 0 Å². The minimum atomic E-state index is -0.383. The van der Waals surface area contributed by atoms with Crippen LogP contribution in [0.3, 0.4) is 0 Å². The number of nitrogens with one attached hydrogen (secondary N) is 2. The smallest absolute Gasteiger partial charge is 0.265 e. The van der Waals surface area contributed by atoms with Crippen LogP contribution in [0.15, 0.2) is 59.8 Å². The number of carbonyl (C=O) groups is 2. The molecule has 0 saturated heterocycles. The van der Waals surface area contributed by atoms with Gasteiger partial charge in [0.05, 0.1) is 0 Å². The largest absolute Gasteiger partial charge is 0.384 e. The Bertz CT molecular complexity index is 832. The van der Waals surface area contributed by atoms with E-state index in [2.05, 4.69) is 15.8 Å². The lowest BCUT2D eigenvalue weighted by molar-refractivity contribution is -0.120. The van der Waals surface area contributed by atoms with Gasteiger partial charge in [-0.25, -0.2) is 0 Å². The topological polar surface area (TPSA) is 106 Å². The Kier molecular flexibility index (Phi) is 6.04. The summed E-state index contributed by atoms with van der Waals surface area (Å²) in [5.74, 6) is -0.234. The zero-order chi connectivity index (χ0) is 19.1. The lowest BCUT2D eigenvalue weighted by Crippen LogP contribution is -2.25. The van der Waals surface area contributed by atoms with Gasteiger partial charge in [-0.15, -0.1) is 0 Å². The standard InChI is InChI=1S/C20H22N4O3/c21-18(11-14-5-2-1-3-6-14)24-27-13-19(25)22-17-8-4-7-15(12-17)20(26)23-16-9-10-16/h1-8,12,16H,9-11,13H2,(H2,21,24)(H,22,25)(H,23,26). The number of benzene rings is 2. The van der Waals surface area contributed by atoms with Gasteiger partial charge < -0.3 is 21.2 Å². The van der Waals surface area contributed by atoms with Gasteiger partial charge in [0.2, 0.25) is 0 Å². The van der Waals surface area contributed by atoms with Crippen LogP contribution in [-0.4, -0.2) is 30.3 Å². The molecule has 2 amide bonds. The van der Waals surface area contributed by atoms with Gasteiger partial charge >= 0.3 is 0 Å². The first kappa shape index (κ1) is 18.4. The van der Waals surface area contributed by atoms with Crippen LogP contribution in [0.25, 0.3) is 0 Å². The van der Waals surface area contributed by atoms with Crippen LogP contribution in [0, 0.1) is 0 Å². The zero-order valence-electron chi connectivity index (χ0n) is 14.9. The molecule has 0 bridgehead atoms. The molecule has 0 atom stereocenters. The Labute approximate surface area is 157 Å². The summed E-state index contributed by atoms with van der Waals surface area (Å²) in [5, 5.41) is 9.34. The van der Waals surface area contributed by atoms with Gasteiger partial charge in [-0.1, -0.05) is 41.6 Å². The third-order valence-corrected chi connectivity index (χ3v) is 3.93. The normalized spacial score (nSPS) is 13.7. The van der Waals surface area contributed by atoms with E-state index < -0.39 is 0 Å². The van der Waals surface area contributed by atoms with Crippen LogP contribution in [0.5, 0.6) is 0 Å². The fraction of sp³-hybridized carbons (Fsp3) is 0.250. The Morgan fingerprint density at radius 3 is 2.63 bits per heavy atom. The molecule has 1 aliphatic carbocycles. The molecule has 2 aromatic carbocycles. The molecule has 0 spiro atoms. The number of carbonyl (C=O) groups excluding carboxylic acids is 2. The van der Waals surface area contributed by atoms with Gasteiger partial charge in [-0.2, -0.15) is 0 Å². The summed E-state index contributed by atoms with van der Waals surface area (Å²) in [4.78, 5) is 29.0. The highest BCUT2D eigenvalue weighted by Crippen LogP contribution is 2.20. The molecular weight excluding hydrogens is 344 g/mol. The zero-order valence-corrected chi connectivity index (χ0v) is 14.9. The number of amides is 2. The van der Waals surface area contributed by atoms with Crippen molar-refractivity contribution in [2.45, 2.75) is 25.3 Å². The first-order valence-electron chi connectivity index (χ1n) is 8.79. The molecule has 140 valence electrons. The first-order chi connectivity index (χ1) is 13.1. The first-order valence-corrected chi connectivity index (χ1v) is 8.79. The quantitative estimate of drug-likeness (QED) is 0.378. The van der Waals surface area contributed by atoms with E-state index in [4.69, 9.17) is 10.6 Å². The molecule has 1 saturated carbocycles. The second-order valence-electron chi connectivity index (χ2n) is 6.40. The monoisotopic (exact) mass is 366 g/mol. The van der Waals surface area contributed by atoms with Crippen molar-refractivity contribution in [1.82, 2.24) is 5.32 Å². The molecule has 1 fully saturated rings. The highest BCUT2D eigenvalue weighted by Gasteiger charge is 2.23. The number of amidine groups is 1. The predicted molar refractivity (Wildman–Crippen MR) is 103 cm³/mol. The molecule has 0 heterocycles. The fourth-order valence-corrected chi connectivity index (χ4v) is 2.44. The predicted octanol–water partition coefficient (Wildman–Crippen LogP) is 2.05. The Morgan fingerprint density at radius 1 is 1.11 bits per heavy atom. The summed E-state index contributed by atoms with van der Waals surface area (Å²) in [7, 11) is 0. The average Bonchev–Trinajstić information content (AvgIpc) is 3.46. The van der Waals surface area contributed by atoms with Gasteiger partial charge in [0, 0.05) is 23.7 Å². The van der Waals surface area contributed by atoms with Gasteiger partial charge in [-0.3, -0.25) is 9.59 Å². The molecule has 0 radical (unpaired) electrons. The molecule has 3 rings (SSSR count). The summed E-state index contributed by atoms with van der Waals surface area (Å²) >= 11 is 0. The van der Waals surface area contributed by atoms with E-state index in [1.807, 2.05) is 30.3 Å². The van der Waals surface area contributed by atoms with Crippen LogP contribution < -0.4 is 16.4 Å². The lowest BCUT2D eigenvalue weighted by Gasteiger charge is -2.08. The van der Waals surface area contributed by atoms with Gasteiger partial charge in [0.15, 0.2) is 6.61 Å². The van der Waals surface area contributed by atoms with E-state index in [0.29, 0.717) is 17.7 Å². The number of rotatable bonds is 8. The molecular formula is C20H22N4O3. The minimum Gasteiger partial charge on any atom is -0.384 e. The van der Waals surface area contributed by atoms with Crippen molar-refractivity contribution >= 4 is 23.3 Å². The van der Waals surface area contributed by atoms with Crippen molar-refractivity contribution in [3.05, 3.63) is 65.7 Å². The number of hydrogen-bond donors (Lipinski definition) is 3. The molecule has 2 aromatic rings. The van der Waals surface area contributed by atoms with Gasteiger partial charge in [-0.05, 0) is 36.6 Å². The molecule has 1 aliphatic rings. The summed E-state index contributed by atoms with van der Waals surface area (Å²) in [6.45, 7) is -0.270. The van der Waals surface area contributed by atoms with E-state index in [-0.39, 0.29) is 30.3 Å². The van der Waals surface area contributed by atoms with Crippen LogP contribution in [-0.2, 0) is 16.1 Å². The van der Waals surface area contributed by atoms with Crippen LogP contribution in [0.1, 0.15) is 28.8 Å². The lowest BCUT2D eigenvalue weighted by atomic mass is 10.1. The molecule has 7 heteroatoms. The summed E-state index contributed by atoms with van der Waals surface area (Å²) in [6, 6.07) is 16.6. The van der Waals surface area contributed by atoms with Crippen molar-refractivity contribution in [3.63, 3.8) is 0 Å². The van der Waals surface area contributed by atoms with Crippen molar-refractivity contribution in [1.29, 1.82) is 0 Å². The van der Waals surface area contributed by atoms with Crippen molar-refractivity contribution in [2.75, 3.05) is 11.9 Å². The third kappa shape index (κ3) is 6.14. The summed E-state index contributed by atoms with van der Waals surface area (Å²) < 4.78 is 0. The third-order valence-electron chi connectivity index (χ3n) is 3.93. The number of oxime groups is 1. The molecule has 27 heavy (non-hydrogen) atoms. The van der Waals surface area contributed by atoms with Gasteiger partial charge in [0.25, 0.3) is 11.8 Å². The second-order valence-corrected chi connectivity index (χ2v) is 6.40. The number of nitrogens with zero attached hydrogens (tertiary/aromatic N) is 1. The minimum absolute atomic E-state index is 0.136. The Balaban J connectivity index is 1.46. The van der Waals surface area contributed by atoms with Crippen molar-refractivity contribution in [2.24, 2.45) is 10.9 Å². The molecule has 0 aromatic heterocycles. The number of anilines is 1. The van der Waals surface area contributed by atoms with Gasteiger partial charge in [0.1, 0.15) is 5.84 Å². The fourth-order valence-electron chi connectivity index (χ4n) is 2.44. The molecule has 0 unspecified atom stereocenters. The van der Waals surface area contributed by atoms with Crippen LogP contribution in [0.2, 0.25) is 0 Å². The maximum Gasteiger partial charge on any atom is 0.265 e. The Hall–Kier alpha value is -3.35. The summed E-state index contributed by atoms with van der Waals surface area (Å²) in [5.41, 5.74) is 7.83.